The van der Waals surface area contributed by atoms with E-state index < -0.39 is 0 Å². The molecular formula is C17H19ClN2O2S. The molecule has 0 spiro atoms. The lowest BCUT2D eigenvalue weighted by molar-refractivity contribution is -0.117. The van der Waals surface area contributed by atoms with Gasteiger partial charge >= 0.3 is 0 Å². The lowest BCUT2D eigenvalue weighted by Gasteiger charge is -2.22. The van der Waals surface area contributed by atoms with Crippen LogP contribution < -0.4 is 10.1 Å². The van der Waals surface area contributed by atoms with Gasteiger partial charge in [0.05, 0.1) is 18.7 Å². The monoisotopic (exact) mass is 350 g/mol. The molecule has 4 nitrogen and oxygen atoms in total. The summed E-state index contributed by atoms with van der Waals surface area (Å²) in [6.07, 6.45) is 2.24. The highest BCUT2D eigenvalue weighted by Gasteiger charge is 2.28. The molecule has 1 N–H and O–H groups in total. The van der Waals surface area contributed by atoms with Gasteiger partial charge in [-0.25, -0.2) is 0 Å². The predicted octanol–water partition coefficient (Wildman–Crippen LogP) is 4.19. The van der Waals surface area contributed by atoms with Crippen LogP contribution in [0.3, 0.4) is 0 Å². The van der Waals surface area contributed by atoms with E-state index in [2.05, 4.69) is 27.7 Å². The van der Waals surface area contributed by atoms with E-state index in [-0.39, 0.29) is 5.91 Å². The van der Waals surface area contributed by atoms with E-state index in [0.29, 0.717) is 29.0 Å². The maximum atomic E-state index is 12.3. The normalized spacial score (nSPS) is 18.1. The molecule has 23 heavy (non-hydrogen) atoms. The van der Waals surface area contributed by atoms with Gasteiger partial charge in [-0.05, 0) is 49.0 Å². The van der Waals surface area contributed by atoms with Gasteiger partial charge in [-0.3, -0.25) is 9.69 Å². The highest BCUT2D eigenvalue weighted by molar-refractivity contribution is 7.10. The van der Waals surface area contributed by atoms with Crippen molar-refractivity contribution in [2.75, 3.05) is 25.5 Å². The van der Waals surface area contributed by atoms with Crippen LogP contribution in [0.1, 0.15) is 23.8 Å². The van der Waals surface area contributed by atoms with Crippen LogP contribution in [0, 0.1) is 0 Å². The number of likely N-dealkylation sites (tertiary alicyclic amines) is 1. The molecule has 2 aromatic rings. The Hall–Kier alpha value is -1.56. The number of thiophene rings is 1. The molecule has 6 heteroatoms. The summed E-state index contributed by atoms with van der Waals surface area (Å²) in [4.78, 5) is 15.9. The smallest absolute Gasteiger partial charge is 0.238 e. The molecule has 3 rings (SSSR count). The van der Waals surface area contributed by atoms with Crippen molar-refractivity contribution >= 4 is 34.5 Å². The van der Waals surface area contributed by atoms with Gasteiger partial charge in [-0.2, -0.15) is 0 Å². The van der Waals surface area contributed by atoms with E-state index in [1.807, 2.05) is 0 Å². The number of carbonyl (C=O) groups excluding carboxylic acids is 1. The summed E-state index contributed by atoms with van der Waals surface area (Å²) in [5.41, 5.74) is 0.688. The summed E-state index contributed by atoms with van der Waals surface area (Å²) in [6, 6.07) is 9.83. The van der Waals surface area contributed by atoms with Crippen molar-refractivity contribution in [3.8, 4) is 5.75 Å². The van der Waals surface area contributed by atoms with Crippen molar-refractivity contribution in [3.05, 3.63) is 45.6 Å². The maximum Gasteiger partial charge on any atom is 0.238 e. The Labute approximate surface area is 145 Å². The minimum atomic E-state index is -0.0188. The number of anilines is 1. The summed E-state index contributed by atoms with van der Waals surface area (Å²) >= 11 is 7.84. The van der Waals surface area contributed by atoms with Crippen molar-refractivity contribution < 1.29 is 9.53 Å². The first-order chi connectivity index (χ1) is 11.2. The molecule has 122 valence electrons. The number of halogens is 1. The van der Waals surface area contributed by atoms with E-state index in [1.165, 1.54) is 4.88 Å². The van der Waals surface area contributed by atoms with E-state index in [0.717, 1.165) is 19.4 Å². The Kier molecular flexibility index (Phi) is 5.20. The van der Waals surface area contributed by atoms with Gasteiger partial charge in [0.1, 0.15) is 5.75 Å². The van der Waals surface area contributed by atoms with Gasteiger partial charge in [0.15, 0.2) is 0 Å². The molecule has 1 saturated heterocycles. The van der Waals surface area contributed by atoms with Crippen LogP contribution in [-0.2, 0) is 4.79 Å². The first-order valence-corrected chi connectivity index (χ1v) is 8.84. The zero-order valence-corrected chi connectivity index (χ0v) is 14.5. The lowest BCUT2D eigenvalue weighted by atomic mass is 10.2. The van der Waals surface area contributed by atoms with Gasteiger partial charge in [-0.1, -0.05) is 17.7 Å². The Bertz CT molecular complexity index is 675. The third kappa shape index (κ3) is 3.86. The van der Waals surface area contributed by atoms with Gasteiger partial charge in [-0.15, -0.1) is 11.3 Å². The van der Waals surface area contributed by atoms with Crippen LogP contribution >= 0.6 is 22.9 Å². The number of ether oxygens (including phenoxy) is 1. The zero-order chi connectivity index (χ0) is 16.2. The molecule has 1 fully saturated rings. The van der Waals surface area contributed by atoms with Crippen molar-refractivity contribution in [2.45, 2.75) is 18.9 Å². The zero-order valence-electron chi connectivity index (χ0n) is 12.9. The molecule has 1 aromatic carbocycles. The molecular weight excluding hydrogens is 332 g/mol. The second-order valence-corrected chi connectivity index (χ2v) is 6.93. The number of benzene rings is 1. The Morgan fingerprint density at radius 3 is 3.04 bits per heavy atom. The summed E-state index contributed by atoms with van der Waals surface area (Å²) in [5.74, 6) is 0.580. The van der Waals surface area contributed by atoms with Crippen molar-refractivity contribution in [3.63, 3.8) is 0 Å². The fourth-order valence-corrected chi connectivity index (χ4v) is 4.10. The molecule has 0 aliphatic carbocycles. The summed E-state index contributed by atoms with van der Waals surface area (Å²) in [6.45, 7) is 1.35. The van der Waals surface area contributed by atoms with E-state index in [9.17, 15) is 4.79 Å². The minimum absolute atomic E-state index is 0.0188. The standard InChI is InChI=1S/C17H19ClN2O2S/c1-22-15-7-6-12(10-13(15)18)19-17(21)11-20-8-2-4-14(20)16-5-3-9-23-16/h3,5-7,9-10,14H,2,4,8,11H2,1H3,(H,19,21)/t14-/m1/s1. The van der Waals surface area contributed by atoms with Crippen LogP contribution in [0.15, 0.2) is 35.7 Å². The minimum Gasteiger partial charge on any atom is -0.495 e. The van der Waals surface area contributed by atoms with E-state index in [4.69, 9.17) is 16.3 Å². The van der Waals surface area contributed by atoms with Crippen molar-refractivity contribution in [2.24, 2.45) is 0 Å². The number of nitrogens with one attached hydrogen (secondary N) is 1. The number of amides is 1. The highest BCUT2D eigenvalue weighted by Crippen LogP contribution is 2.34. The number of nitrogens with zero attached hydrogens (tertiary/aromatic N) is 1. The fourth-order valence-electron chi connectivity index (χ4n) is 2.95. The second kappa shape index (κ2) is 7.34. The van der Waals surface area contributed by atoms with E-state index >= 15 is 0 Å². The number of hydrogen-bond donors (Lipinski definition) is 1. The Morgan fingerprint density at radius 2 is 2.35 bits per heavy atom. The van der Waals surface area contributed by atoms with Gasteiger partial charge in [0.25, 0.3) is 0 Å². The van der Waals surface area contributed by atoms with Crippen LogP contribution in [0.2, 0.25) is 5.02 Å². The van der Waals surface area contributed by atoms with Crippen molar-refractivity contribution in [1.29, 1.82) is 0 Å². The average molecular weight is 351 g/mol. The number of rotatable bonds is 5. The molecule has 1 atom stereocenters. The third-order valence-electron chi connectivity index (χ3n) is 4.02. The van der Waals surface area contributed by atoms with Crippen LogP contribution in [0.25, 0.3) is 0 Å². The first kappa shape index (κ1) is 16.3. The topological polar surface area (TPSA) is 41.6 Å². The number of methoxy groups -OCH3 is 1. The van der Waals surface area contributed by atoms with Crippen LogP contribution in [-0.4, -0.2) is 31.0 Å². The summed E-state index contributed by atoms with van der Waals surface area (Å²) in [5, 5.41) is 5.49. The molecule has 2 heterocycles. The third-order valence-corrected chi connectivity index (χ3v) is 5.29. The molecule has 0 unspecified atom stereocenters. The number of carbonyl (C=O) groups is 1. The molecule has 1 aromatic heterocycles. The Balaban J connectivity index is 1.62. The molecule has 1 amide bonds. The second-order valence-electron chi connectivity index (χ2n) is 5.54. The van der Waals surface area contributed by atoms with Gasteiger partial charge in [0.2, 0.25) is 5.91 Å². The average Bonchev–Trinajstić information content (AvgIpc) is 3.18. The van der Waals surface area contributed by atoms with Gasteiger partial charge in [0, 0.05) is 16.6 Å². The molecule has 0 bridgehead atoms. The molecule has 0 radical (unpaired) electrons. The molecule has 1 aliphatic rings. The quantitative estimate of drug-likeness (QED) is 0.879. The summed E-state index contributed by atoms with van der Waals surface area (Å²) in [7, 11) is 1.57. The van der Waals surface area contributed by atoms with Crippen LogP contribution in [0.4, 0.5) is 5.69 Å². The molecule has 1 aliphatic heterocycles. The first-order valence-electron chi connectivity index (χ1n) is 7.58. The van der Waals surface area contributed by atoms with Gasteiger partial charge < -0.3 is 10.1 Å². The largest absolute Gasteiger partial charge is 0.495 e. The maximum absolute atomic E-state index is 12.3. The Morgan fingerprint density at radius 1 is 1.48 bits per heavy atom. The summed E-state index contributed by atoms with van der Waals surface area (Å²) < 4.78 is 5.12. The predicted molar refractivity (Wildman–Crippen MR) is 94.5 cm³/mol. The fraction of sp³-hybridized carbons (Fsp3) is 0.353. The van der Waals surface area contributed by atoms with Crippen LogP contribution in [0.5, 0.6) is 5.75 Å². The SMILES string of the molecule is COc1ccc(NC(=O)CN2CCC[C@@H]2c2cccs2)cc1Cl. The number of hydrogen-bond acceptors (Lipinski definition) is 4. The molecule has 0 saturated carbocycles. The lowest BCUT2D eigenvalue weighted by Crippen LogP contribution is -2.32. The van der Waals surface area contributed by atoms with E-state index in [1.54, 1.807) is 36.6 Å². The van der Waals surface area contributed by atoms with Crippen molar-refractivity contribution in [1.82, 2.24) is 4.90 Å². The highest BCUT2D eigenvalue weighted by atomic mass is 35.5.